The largest absolute Gasteiger partial charge is 0.491 e. The van der Waals surface area contributed by atoms with E-state index in [0.29, 0.717) is 5.92 Å². The lowest BCUT2D eigenvalue weighted by Gasteiger charge is -2.38. The van der Waals surface area contributed by atoms with Crippen molar-refractivity contribution >= 4 is 12.6 Å². The third-order valence-corrected chi connectivity index (χ3v) is 4.12. The summed E-state index contributed by atoms with van der Waals surface area (Å²) in [5, 5.41) is 20.3. The molecule has 0 saturated heterocycles. The molecule has 1 saturated carbocycles. The van der Waals surface area contributed by atoms with Crippen molar-refractivity contribution in [2.24, 2.45) is 0 Å². The fourth-order valence-electron chi connectivity index (χ4n) is 1.87. The van der Waals surface area contributed by atoms with Crippen LogP contribution < -0.4 is 5.46 Å². The smallest absolute Gasteiger partial charge is 0.423 e. The van der Waals surface area contributed by atoms with Crippen LogP contribution in [0.2, 0.25) is 0 Å². The first-order valence-electron chi connectivity index (χ1n) is 6.89. The van der Waals surface area contributed by atoms with Crippen molar-refractivity contribution < 1.29 is 14.8 Å². The molecule has 104 valence electrons. The molecule has 0 atom stereocenters. The zero-order valence-electron chi connectivity index (χ0n) is 12.2. The van der Waals surface area contributed by atoms with E-state index in [4.69, 9.17) is 4.65 Å². The molecule has 0 aliphatic heterocycles. The molecule has 1 aromatic carbocycles. The van der Waals surface area contributed by atoms with E-state index in [1.807, 2.05) is 18.2 Å². The van der Waals surface area contributed by atoms with Crippen molar-refractivity contribution in [2.75, 3.05) is 0 Å². The van der Waals surface area contributed by atoms with Gasteiger partial charge < -0.3 is 14.8 Å². The molecule has 0 amide bonds. The van der Waals surface area contributed by atoms with Gasteiger partial charge in [-0.15, -0.1) is 0 Å². The average molecular weight is 262 g/mol. The summed E-state index contributed by atoms with van der Waals surface area (Å²) >= 11 is 0. The highest BCUT2D eigenvalue weighted by Gasteiger charge is 2.39. The topological polar surface area (TPSA) is 49.7 Å². The van der Waals surface area contributed by atoms with Crippen LogP contribution in [0.25, 0.3) is 0 Å². The number of hydrogen-bond acceptors (Lipinski definition) is 3. The van der Waals surface area contributed by atoms with Gasteiger partial charge in [0.1, 0.15) is 0 Å². The Morgan fingerprint density at radius 2 is 1.84 bits per heavy atom. The fourth-order valence-corrected chi connectivity index (χ4v) is 1.87. The van der Waals surface area contributed by atoms with E-state index in [-0.39, 0.29) is 0 Å². The predicted molar refractivity (Wildman–Crippen MR) is 77.5 cm³/mol. The summed E-state index contributed by atoms with van der Waals surface area (Å²) in [5.74, 6) is 0.648. The van der Waals surface area contributed by atoms with Crippen molar-refractivity contribution in [1.29, 1.82) is 0 Å². The van der Waals surface area contributed by atoms with E-state index < -0.39 is 18.3 Å². The van der Waals surface area contributed by atoms with Crippen molar-refractivity contribution in [2.45, 2.75) is 57.7 Å². The molecule has 19 heavy (non-hydrogen) atoms. The molecule has 0 heterocycles. The lowest BCUT2D eigenvalue weighted by atomic mass is 9.76. The highest BCUT2D eigenvalue weighted by molar-refractivity contribution is 6.60. The van der Waals surface area contributed by atoms with Gasteiger partial charge in [0.2, 0.25) is 0 Å². The van der Waals surface area contributed by atoms with E-state index in [9.17, 15) is 10.1 Å². The SMILES string of the molecule is CC(C)(O)C(C)(C)OB(O)c1cccc(C2CC2)c1. The third kappa shape index (κ3) is 3.38. The first kappa shape index (κ1) is 14.6. The van der Waals surface area contributed by atoms with Crippen LogP contribution in [-0.4, -0.2) is 28.5 Å². The van der Waals surface area contributed by atoms with Crippen LogP contribution in [0.4, 0.5) is 0 Å². The van der Waals surface area contributed by atoms with Crippen molar-refractivity contribution in [3.63, 3.8) is 0 Å². The third-order valence-electron chi connectivity index (χ3n) is 4.12. The Bertz CT molecular complexity index is 447. The highest BCUT2D eigenvalue weighted by atomic mass is 16.5. The van der Waals surface area contributed by atoms with Gasteiger partial charge in [-0.2, -0.15) is 0 Å². The molecule has 1 fully saturated rings. The zero-order valence-corrected chi connectivity index (χ0v) is 12.2. The molecular formula is C15H23BO3. The van der Waals surface area contributed by atoms with Crippen LogP contribution in [0.15, 0.2) is 24.3 Å². The summed E-state index contributed by atoms with van der Waals surface area (Å²) in [6.45, 7) is 6.92. The maximum absolute atomic E-state index is 10.2. The zero-order chi connectivity index (χ0) is 14.3. The summed E-state index contributed by atoms with van der Waals surface area (Å²) in [5.41, 5.74) is 0.160. The van der Waals surface area contributed by atoms with E-state index in [1.54, 1.807) is 27.7 Å². The second kappa shape index (κ2) is 4.93. The molecule has 3 nitrogen and oxygen atoms in total. The normalized spacial score (nSPS) is 16.5. The van der Waals surface area contributed by atoms with E-state index in [1.165, 1.54) is 18.4 Å². The van der Waals surface area contributed by atoms with Crippen LogP contribution in [-0.2, 0) is 4.65 Å². The molecule has 1 aromatic rings. The van der Waals surface area contributed by atoms with Crippen LogP contribution in [0.5, 0.6) is 0 Å². The standard InChI is InChI=1S/C15H23BO3/c1-14(2,17)15(3,4)19-16(18)13-7-5-6-12(10-13)11-8-9-11/h5-7,10-11,17-18H,8-9H2,1-4H3. The van der Waals surface area contributed by atoms with Crippen LogP contribution in [0.1, 0.15) is 52.0 Å². The van der Waals surface area contributed by atoms with Crippen LogP contribution in [0.3, 0.4) is 0 Å². The Morgan fingerprint density at radius 1 is 1.21 bits per heavy atom. The van der Waals surface area contributed by atoms with Gasteiger partial charge >= 0.3 is 7.12 Å². The molecule has 0 spiro atoms. The molecule has 1 aliphatic carbocycles. The lowest BCUT2D eigenvalue weighted by Crippen LogP contribution is -2.53. The van der Waals surface area contributed by atoms with Crippen LogP contribution >= 0.6 is 0 Å². The Balaban J connectivity index is 2.11. The van der Waals surface area contributed by atoms with Crippen LogP contribution in [0, 0.1) is 0 Å². The summed E-state index contributed by atoms with van der Waals surface area (Å²) in [6, 6.07) is 7.90. The van der Waals surface area contributed by atoms with E-state index >= 15 is 0 Å². The van der Waals surface area contributed by atoms with E-state index in [2.05, 4.69) is 6.07 Å². The highest BCUT2D eigenvalue weighted by Crippen LogP contribution is 2.39. The lowest BCUT2D eigenvalue weighted by molar-refractivity contribution is -0.0982. The molecule has 2 N–H and O–H groups in total. The van der Waals surface area contributed by atoms with Gasteiger partial charge in [-0.25, -0.2) is 0 Å². The molecule has 0 unspecified atom stereocenters. The number of aliphatic hydroxyl groups is 1. The molecule has 0 aromatic heterocycles. The first-order valence-corrected chi connectivity index (χ1v) is 6.89. The molecule has 4 heteroatoms. The maximum atomic E-state index is 10.2. The van der Waals surface area contributed by atoms with Gasteiger partial charge in [-0.05, 0) is 57.5 Å². The number of rotatable bonds is 5. The Hall–Kier alpha value is -0.835. The summed E-state index contributed by atoms with van der Waals surface area (Å²) in [6.07, 6.45) is 2.46. The van der Waals surface area contributed by atoms with Gasteiger partial charge in [0.25, 0.3) is 0 Å². The van der Waals surface area contributed by atoms with Gasteiger partial charge in [-0.3, -0.25) is 0 Å². The maximum Gasteiger partial charge on any atom is 0.491 e. The molecule has 0 bridgehead atoms. The van der Waals surface area contributed by atoms with Gasteiger partial charge in [0, 0.05) is 0 Å². The van der Waals surface area contributed by atoms with Gasteiger partial charge in [0.05, 0.1) is 11.2 Å². The fraction of sp³-hybridized carbons (Fsp3) is 0.600. The number of benzene rings is 1. The molecule has 0 radical (unpaired) electrons. The Morgan fingerprint density at radius 3 is 2.37 bits per heavy atom. The van der Waals surface area contributed by atoms with Gasteiger partial charge in [0.15, 0.2) is 0 Å². The minimum absolute atomic E-state index is 0.648. The monoisotopic (exact) mass is 262 g/mol. The minimum atomic E-state index is -1.03. The van der Waals surface area contributed by atoms with E-state index in [0.717, 1.165) is 5.46 Å². The Kier molecular flexibility index (Phi) is 3.78. The van der Waals surface area contributed by atoms with Crippen molar-refractivity contribution in [3.05, 3.63) is 29.8 Å². The summed E-state index contributed by atoms with van der Waals surface area (Å²) in [4.78, 5) is 0. The second-order valence-electron chi connectivity index (χ2n) is 6.48. The molecule has 1 aliphatic rings. The molecule has 2 rings (SSSR count). The Labute approximate surface area is 115 Å². The summed E-state index contributed by atoms with van der Waals surface area (Å²) in [7, 11) is -1.01. The first-order chi connectivity index (χ1) is 8.71. The molecular weight excluding hydrogens is 239 g/mol. The second-order valence-corrected chi connectivity index (χ2v) is 6.48. The quantitative estimate of drug-likeness (QED) is 0.796. The van der Waals surface area contributed by atoms with Crippen molar-refractivity contribution in [1.82, 2.24) is 0 Å². The average Bonchev–Trinajstić information content (AvgIpc) is 3.11. The van der Waals surface area contributed by atoms with Crippen molar-refractivity contribution in [3.8, 4) is 0 Å². The summed E-state index contributed by atoms with van der Waals surface area (Å²) < 4.78 is 5.65. The van der Waals surface area contributed by atoms with Gasteiger partial charge in [-0.1, -0.05) is 24.3 Å². The number of hydrogen-bond donors (Lipinski definition) is 2. The predicted octanol–water partition coefficient (Wildman–Crippen LogP) is 1.82. The minimum Gasteiger partial charge on any atom is -0.423 e.